The average molecular weight is 368 g/mol. The minimum absolute atomic E-state index is 0.114. The first-order valence-corrected chi connectivity index (χ1v) is 8.46. The van der Waals surface area contributed by atoms with E-state index in [1.165, 1.54) is 12.3 Å². The minimum atomic E-state index is -1.23. The zero-order chi connectivity index (χ0) is 19.2. The highest BCUT2D eigenvalue weighted by molar-refractivity contribution is 5.78. The molecule has 140 valence electrons. The van der Waals surface area contributed by atoms with Gasteiger partial charge in [0.15, 0.2) is 5.43 Å². The SMILES string of the molecule is O=C(NCC(O)C(O)c1ccc2c(=O)cc[nH]c2c1)OCc1ccccc1. The fourth-order valence-electron chi connectivity index (χ4n) is 2.67. The summed E-state index contributed by atoms with van der Waals surface area (Å²) in [6.45, 7) is -0.0680. The van der Waals surface area contributed by atoms with E-state index >= 15 is 0 Å². The zero-order valence-corrected chi connectivity index (χ0v) is 14.5. The Labute approximate surface area is 155 Å². The predicted octanol–water partition coefficient (Wildman–Crippen LogP) is 1.85. The first kappa shape index (κ1) is 18.6. The Morgan fingerprint density at radius 2 is 1.89 bits per heavy atom. The van der Waals surface area contributed by atoms with Crippen LogP contribution in [0.3, 0.4) is 0 Å². The quantitative estimate of drug-likeness (QED) is 0.531. The van der Waals surface area contributed by atoms with Crippen LogP contribution in [0.25, 0.3) is 10.9 Å². The third kappa shape index (κ3) is 4.72. The summed E-state index contributed by atoms with van der Waals surface area (Å²) in [4.78, 5) is 26.4. The largest absolute Gasteiger partial charge is 0.445 e. The lowest BCUT2D eigenvalue weighted by atomic mass is 10.0. The topological polar surface area (TPSA) is 112 Å². The number of aliphatic hydroxyl groups is 2. The Morgan fingerprint density at radius 1 is 1.11 bits per heavy atom. The highest BCUT2D eigenvalue weighted by Crippen LogP contribution is 2.20. The van der Waals surface area contributed by atoms with E-state index in [0.717, 1.165) is 5.56 Å². The van der Waals surface area contributed by atoms with E-state index in [2.05, 4.69) is 10.3 Å². The molecule has 0 aliphatic carbocycles. The monoisotopic (exact) mass is 368 g/mol. The number of hydrogen-bond donors (Lipinski definition) is 4. The summed E-state index contributed by atoms with van der Waals surface area (Å²) in [5.41, 5.74) is 1.70. The van der Waals surface area contributed by atoms with Gasteiger partial charge in [0.2, 0.25) is 0 Å². The van der Waals surface area contributed by atoms with Crippen molar-refractivity contribution in [1.29, 1.82) is 0 Å². The molecule has 4 N–H and O–H groups in total. The first-order valence-electron chi connectivity index (χ1n) is 8.46. The smallest absolute Gasteiger partial charge is 0.407 e. The third-order valence-corrected chi connectivity index (χ3v) is 4.16. The van der Waals surface area contributed by atoms with Gasteiger partial charge in [-0.2, -0.15) is 0 Å². The molecule has 7 heteroatoms. The van der Waals surface area contributed by atoms with Gasteiger partial charge in [-0.25, -0.2) is 4.79 Å². The lowest BCUT2D eigenvalue weighted by molar-refractivity contribution is 0.0185. The molecule has 3 aromatic rings. The Kier molecular flexibility index (Phi) is 5.85. The fraction of sp³-hybridized carbons (Fsp3) is 0.200. The summed E-state index contributed by atoms with van der Waals surface area (Å²) in [6, 6.07) is 15.4. The van der Waals surface area contributed by atoms with Crippen molar-refractivity contribution >= 4 is 17.0 Å². The molecule has 1 heterocycles. The highest BCUT2D eigenvalue weighted by Gasteiger charge is 2.20. The Hall–Kier alpha value is -3.16. The number of alkyl carbamates (subject to hydrolysis) is 1. The van der Waals surface area contributed by atoms with Crippen LogP contribution in [0.5, 0.6) is 0 Å². The van der Waals surface area contributed by atoms with Crippen LogP contribution < -0.4 is 10.7 Å². The summed E-state index contributed by atoms with van der Waals surface area (Å²) in [5, 5.41) is 23.4. The van der Waals surface area contributed by atoms with E-state index in [9.17, 15) is 19.8 Å². The van der Waals surface area contributed by atoms with E-state index in [1.54, 1.807) is 18.2 Å². The van der Waals surface area contributed by atoms with Crippen LogP contribution in [-0.4, -0.2) is 33.9 Å². The van der Waals surface area contributed by atoms with Crippen molar-refractivity contribution in [2.75, 3.05) is 6.54 Å². The number of carbonyl (C=O) groups is 1. The lowest BCUT2D eigenvalue weighted by Gasteiger charge is -2.19. The van der Waals surface area contributed by atoms with Gasteiger partial charge in [-0.1, -0.05) is 36.4 Å². The lowest BCUT2D eigenvalue weighted by Crippen LogP contribution is -2.35. The number of carbonyl (C=O) groups excluding carboxylic acids is 1. The molecule has 0 fully saturated rings. The van der Waals surface area contributed by atoms with E-state index in [0.29, 0.717) is 16.5 Å². The van der Waals surface area contributed by atoms with Crippen LogP contribution in [0, 0.1) is 0 Å². The molecule has 0 saturated carbocycles. The van der Waals surface area contributed by atoms with Gasteiger partial charge in [-0.05, 0) is 23.3 Å². The van der Waals surface area contributed by atoms with Gasteiger partial charge in [0.05, 0.1) is 0 Å². The molecule has 0 aliphatic heterocycles. The van der Waals surface area contributed by atoms with Gasteiger partial charge in [0, 0.05) is 29.7 Å². The number of benzene rings is 2. The molecule has 0 aliphatic rings. The van der Waals surface area contributed by atoms with Crippen molar-refractivity contribution in [3.63, 3.8) is 0 Å². The number of nitrogens with one attached hydrogen (secondary N) is 2. The van der Waals surface area contributed by atoms with Gasteiger partial charge < -0.3 is 25.3 Å². The standard InChI is InChI=1S/C20H20N2O5/c23-17-8-9-21-16-10-14(6-7-15(16)17)19(25)18(24)11-22-20(26)27-12-13-4-2-1-3-5-13/h1-10,18-19,24-25H,11-12H2,(H,21,23)(H,22,26). The number of ether oxygens (including phenoxy) is 1. The summed E-state index contributed by atoms with van der Waals surface area (Å²) in [6.07, 6.45) is -1.63. The van der Waals surface area contributed by atoms with Crippen molar-refractivity contribution in [2.45, 2.75) is 18.8 Å². The summed E-state index contributed by atoms with van der Waals surface area (Å²) in [7, 11) is 0. The van der Waals surface area contributed by atoms with Crippen molar-refractivity contribution < 1.29 is 19.7 Å². The second-order valence-corrected chi connectivity index (χ2v) is 6.10. The summed E-state index contributed by atoms with van der Waals surface area (Å²) < 4.78 is 5.05. The van der Waals surface area contributed by atoms with Gasteiger partial charge in [-0.15, -0.1) is 0 Å². The second kappa shape index (κ2) is 8.48. The Bertz CT molecular complexity index is 971. The number of aromatic amines is 1. The summed E-state index contributed by atoms with van der Waals surface area (Å²) >= 11 is 0. The van der Waals surface area contributed by atoms with E-state index in [4.69, 9.17) is 4.74 Å². The van der Waals surface area contributed by atoms with Crippen LogP contribution in [-0.2, 0) is 11.3 Å². The number of amides is 1. The van der Waals surface area contributed by atoms with Crippen LogP contribution in [0.15, 0.2) is 65.6 Å². The van der Waals surface area contributed by atoms with Crippen LogP contribution >= 0.6 is 0 Å². The number of rotatable bonds is 6. The van der Waals surface area contributed by atoms with Crippen molar-refractivity contribution in [1.82, 2.24) is 10.3 Å². The maximum absolute atomic E-state index is 11.7. The second-order valence-electron chi connectivity index (χ2n) is 6.10. The average Bonchev–Trinajstić information content (AvgIpc) is 2.70. The number of hydrogen-bond acceptors (Lipinski definition) is 5. The fourth-order valence-corrected chi connectivity index (χ4v) is 2.67. The van der Waals surface area contributed by atoms with Crippen molar-refractivity contribution in [3.8, 4) is 0 Å². The molecule has 27 heavy (non-hydrogen) atoms. The molecule has 0 spiro atoms. The van der Waals surface area contributed by atoms with E-state index in [-0.39, 0.29) is 18.6 Å². The van der Waals surface area contributed by atoms with Gasteiger partial charge in [0.25, 0.3) is 0 Å². The normalized spacial score (nSPS) is 13.1. The van der Waals surface area contributed by atoms with Crippen molar-refractivity contribution in [3.05, 3.63) is 82.1 Å². The molecule has 7 nitrogen and oxygen atoms in total. The molecule has 1 aromatic heterocycles. The third-order valence-electron chi connectivity index (χ3n) is 4.16. The molecule has 3 rings (SSSR count). The minimum Gasteiger partial charge on any atom is -0.445 e. The van der Waals surface area contributed by atoms with Gasteiger partial charge >= 0.3 is 6.09 Å². The van der Waals surface area contributed by atoms with E-state index < -0.39 is 18.3 Å². The van der Waals surface area contributed by atoms with Crippen LogP contribution in [0.4, 0.5) is 4.79 Å². The molecule has 1 amide bonds. The van der Waals surface area contributed by atoms with Gasteiger partial charge in [0.1, 0.15) is 18.8 Å². The van der Waals surface area contributed by atoms with E-state index in [1.807, 2.05) is 30.3 Å². The molecule has 2 atom stereocenters. The molecular formula is C20H20N2O5. The Balaban J connectivity index is 1.55. The van der Waals surface area contributed by atoms with Crippen molar-refractivity contribution in [2.24, 2.45) is 0 Å². The Morgan fingerprint density at radius 3 is 2.67 bits per heavy atom. The number of aliphatic hydroxyl groups excluding tert-OH is 2. The molecule has 2 aromatic carbocycles. The zero-order valence-electron chi connectivity index (χ0n) is 14.5. The molecular weight excluding hydrogens is 348 g/mol. The molecule has 0 saturated heterocycles. The molecule has 0 bridgehead atoms. The van der Waals surface area contributed by atoms with Gasteiger partial charge in [-0.3, -0.25) is 4.79 Å². The first-order chi connectivity index (χ1) is 13.0. The number of pyridine rings is 1. The maximum Gasteiger partial charge on any atom is 0.407 e. The molecule has 0 radical (unpaired) electrons. The molecule has 2 unspecified atom stereocenters. The maximum atomic E-state index is 11.7. The summed E-state index contributed by atoms with van der Waals surface area (Å²) in [5.74, 6) is 0. The number of aromatic nitrogens is 1. The number of fused-ring (bicyclic) bond motifs is 1. The number of H-pyrrole nitrogens is 1. The predicted molar refractivity (Wildman–Crippen MR) is 100 cm³/mol. The highest BCUT2D eigenvalue weighted by atomic mass is 16.5. The van der Waals surface area contributed by atoms with Crippen LogP contribution in [0.1, 0.15) is 17.2 Å². The van der Waals surface area contributed by atoms with Crippen LogP contribution in [0.2, 0.25) is 0 Å².